The summed E-state index contributed by atoms with van der Waals surface area (Å²) in [6, 6.07) is 8.76. The van der Waals surface area contributed by atoms with Crippen molar-refractivity contribution in [2.45, 2.75) is 33.0 Å². The monoisotopic (exact) mass is 600 g/mol. The molecular weight excluding hydrogens is 564 g/mol. The Morgan fingerprint density at radius 1 is 1.07 bits per heavy atom. The SMILES string of the molecule is CCOC(=O)COc1c(/C=N/N[C@@H](O)COc2ccc([C@@H]3NC(=O)NC(C)=C3C(=O)OC)cc2OCC)cccc1OC. The minimum absolute atomic E-state index is 0.211. The third kappa shape index (κ3) is 8.75. The molecule has 14 nitrogen and oxygen atoms in total. The molecule has 0 aliphatic carbocycles. The first kappa shape index (κ1) is 32.5. The van der Waals surface area contributed by atoms with Crippen LogP contribution in [0.5, 0.6) is 23.0 Å². The van der Waals surface area contributed by atoms with Gasteiger partial charge in [0.25, 0.3) is 0 Å². The second-order valence-electron chi connectivity index (χ2n) is 8.89. The molecule has 2 amide bonds. The van der Waals surface area contributed by atoms with Crippen LogP contribution >= 0.6 is 0 Å². The molecule has 4 N–H and O–H groups in total. The lowest BCUT2D eigenvalue weighted by Gasteiger charge is -2.28. The van der Waals surface area contributed by atoms with Gasteiger partial charge in [-0.2, -0.15) is 5.10 Å². The Balaban J connectivity index is 1.69. The maximum atomic E-state index is 12.4. The summed E-state index contributed by atoms with van der Waals surface area (Å²) in [5, 5.41) is 19.8. The van der Waals surface area contributed by atoms with E-state index in [1.807, 2.05) is 0 Å². The van der Waals surface area contributed by atoms with Crippen molar-refractivity contribution in [3.63, 3.8) is 0 Å². The van der Waals surface area contributed by atoms with Gasteiger partial charge >= 0.3 is 18.0 Å². The summed E-state index contributed by atoms with van der Waals surface area (Å²) in [6.07, 6.45) is 0.175. The van der Waals surface area contributed by atoms with E-state index in [2.05, 4.69) is 21.2 Å². The number of amides is 2. The van der Waals surface area contributed by atoms with Gasteiger partial charge in [0.15, 0.2) is 35.8 Å². The molecule has 1 aliphatic rings. The number of para-hydroxylation sites is 1. The fourth-order valence-electron chi connectivity index (χ4n) is 4.10. The van der Waals surface area contributed by atoms with E-state index in [1.54, 1.807) is 57.2 Å². The third-order valence-electron chi connectivity index (χ3n) is 5.97. The minimum Gasteiger partial charge on any atom is -0.493 e. The van der Waals surface area contributed by atoms with E-state index < -0.39 is 30.2 Å². The van der Waals surface area contributed by atoms with Gasteiger partial charge < -0.3 is 44.2 Å². The van der Waals surface area contributed by atoms with Crippen LogP contribution in [0.2, 0.25) is 0 Å². The van der Waals surface area contributed by atoms with Crippen LogP contribution in [0.1, 0.15) is 37.9 Å². The van der Waals surface area contributed by atoms with Gasteiger partial charge in [-0.1, -0.05) is 12.1 Å². The largest absolute Gasteiger partial charge is 0.493 e. The third-order valence-corrected chi connectivity index (χ3v) is 5.97. The Labute approximate surface area is 248 Å². The van der Waals surface area contributed by atoms with E-state index in [4.69, 9.17) is 28.4 Å². The maximum absolute atomic E-state index is 12.4. The van der Waals surface area contributed by atoms with Crippen molar-refractivity contribution >= 4 is 24.2 Å². The number of carbonyl (C=O) groups excluding carboxylic acids is 3. The lowest BCUT2D eigenvalue weighted by atomic mass is 9.95. The Morgan fingerprint density at radius 2 is 1.86 bits per heavy atom. The van der Waals surface area contributed by atoms with E-state index >= 15 is 0 Å². The first-order valence-electron chi connectivity index (χ1n) is 13.4. The van der Waals surface area contributed by atoms with Crippen LogP contribution < -0.4 is 35.0 Å². The predicted octanol–water partition coefficient (Wildman–Crippen LogP) is 2.16. The summed E-state index contributed by atoms with van der Waals surface area (Å²) in [6.45, 7) is 5.11. The Kier molecular flexibility index (Phi) is 12.0. The topological polar surface area (TPSA) is 175 Å². The van der Waals surface area contributed by atoms with Crippen LogP contribution in [-0.4, -0.2) is 76.2 Å². The van der Waals surface area contributed by atoms with Gasteiger partial charge in [-0.15, -0.1) is 0 Å². The van der Waals surface area contributed by atoms with Crippen molar-refractivity contribution in [2.75, 3.05) is 40.6 Å². The lowest BCUT2D eigenvalue weighted by molar-refractivity contribution is -0.145. The van der Waals surface area contributed by atoms with Crippen molar-refractivity contribution in [3.05, 3.63) is 58.8 Å². The molecule has 0 aromatic heterocycles. The molecule has 14 heteroatoms. The van der Waals surface area contributed by atoms with E-state index in [0.29, 0.717) is 40.7 Å². The maximum Gasteiger partial charge on any atom is 0.344 e. The number of nitrogens with zero attached hydrogens (tertiary/aromatic N) is 1. The standard InChI is InChI=1S/C29H36N4O10/c1-6-40-22-13-18(26-25(28(36)39-5)17(3)31-29(37)32-26)11-12-20(22)42-15-23(34)33-30-14-19-9-8-10-21(38-4)27(19)43-16-24(35)41-7-2/h8-14,23,26,33-34H,6-7,15-16H2,1-5H3,(H2,31,32,37)/b30-14+/t23-,26-/m0/s1. The van der Waals surface area contributed by atoms with E-state index in [0.717, 1.165) is 0 Å². The number of hydrogen-bond donors (Lipinski definition) is 4. The Bertz CT molecular complexity index is 1360. The van der Waals surface area contributed by atoms with Gasteiger partial charge in [-0.25, -0.2) is 14.4 Å². The Hall–Kier alpha value is -4.98. The van der Waals surface area contributed by atoms with Crippen molar-refractivity contribution < 1.29 is 47.9 Å². The number of benzene rings is 2. The van der Waals surface area contributed by atoms with Crippen LogP contribution in [0.3, 0.4) is 0 Å². The number of aliphatic hydroxyl groups is 1. The van der Waals surface area contributed by atoms with E-state index in [9.17, 15) is 19.5 Å². The van der Waals surface area contributed by atoms with Gasteiger partial charge in [0, 0.05) is 11.3 Å². The molecule has 2 aromatic carbocycles. The molecule has 1 aliphatic heterocycles. The van der Waals surface area contributed by atoms with Crippen molar-refractivity contribution in [3.8, 4) is 23.0 Å². The summed E-state index contributed by atoms with van der Waals surface area (Å²) in [5.41, 5.74) is 4.23. The van der Waals surface area contributed by atoms with E-state index in [1.165, 1.54) is 20.4 Å². The molecule has 2 aromatic rings. The molecule has 1 heterocycles. The molecule has 3 rings (SSSR count). The molecule has 43 heavy (non-hydrogen) atoms. The highest BCUT2D eigenvalue weighted by atomic mass is 16.6. The number of allylic oxidation sites excluding steroid dienone is 1. The fraction of sp³-hybridized carbons (Fsp3) is 0.379. The number of esters is 2. The van der Waals surface area contributed by atoms with Crippen molar-refractivity contribution in [1.29, 1.82) is 0 Å². The highest BCUT2D eigenvalue weighted by Gasteiger charge is 2.32. The molecule has 0 radical (unpaired) electrons. The molecule has 0 unspecified atom stereocenters. The highest BCUT2D eigenvalue weighted by molar-refractivity contribution is 5.95. The number of methoxy groups -OCH3 is 2. The lowest BCUT2D eigenvalue weighted by Crippen LogP contribution is -2.45. The zero-order chi connectivity index (χ0) is 31.4. The van der Waals surface area contributed by atoms with E-state index in [-0.39, 0.29) is 31.1 Å². The van der Waals surface area contributed by atoms with Gasteiger partial charge in [0.05, 0.1) is 45.3 Å². The van der Waals surface area contributed by atoms with Crippen LogP contribution in [0.15, 0.2) is 52.8 Å². The first-order valence-corrected chi connectivity index (χ1v) is 13.4. The van der Waals surface area contributed by atoms with Gasteiger partial charge in [-0.05, 0) is 50.6 Å². The number of urea groups is 1. The predicted molar refractivity (Wildman–Crippen MR) is 154 cm³/mol. The molecule has 0 spiro atoms. The number of rotatable bonds is 15. The summed E-state index contributed by atoms with van der Waals surface area (Å²) in [4.78, 5) is 36.3. The fourth-order valence-corrected chi connectivity index (χ4v) is 4.10. The number of nitrogens with one attached hydrogen (secondary N) is 3. The smallest absolute Gasteiger partial charge is 0.344 e. The zero-order valence-electron chi connectivity index (χ0n) is 24.6. The Morgan fingerprint density at radius 3 is 2.56 bits per heavy atom. The van der Waals surface area contributed by atoms with Gasteiger partial charge in [-0.3, -0.25) is 5.43 Å². The number of hydrogen-bond acceptors (Lipinski definition) is 12. The normalized spacial score (nSPS) is 15.2. The molecular formula is C29H36N4O10. The van der Waals surface area contributed by atoms with Crippen LogP contribution in [0.25, 0.3) is 0 Å². The zero-order valence-corrected chi connectivity index (χ0v) is 24.6. The number of ether oxygens (including phenoxy) is 6. The molecule has 0 saturated heterocycles. The number of carbonyl (C=O) groups is 3. The molecule has 232 valence electrons. The van der Waals surface area contributed by atoms with Crippen molar-refractivity contribution in [2.24, 2.45) is 5.10 Å². The minimum atomic E-state index is -1.22. The number of hydrazone groups is 1. The summed E-state index contributed by atoms with van der Waals surface area (Å²) in [5.74, 6) is 0.203. The average Bonchev–Trinajstić information content (AvgIpc) is 2.99. The summed E-state index contributed by atoms with van der Waals surface area (Å²) in [7, 11) is 2.73. The van der Waals surface area contributed by atoms with Gasteiger partial charge in [0.1, 0.15) is 6.61 Å². The molecule has 0 fully saturated rings. The molecule has 2 atom stereocenters. The average molecular weight is 601 g/mol. The summed E-state index contributed by atoms with van der Waals surface area (Å²) < 4.78 is 32.2. The van der Waals surface area contributed by atoms with Crippen LogP contribution in [0, 0.1) is 0 Å². The first-order chi connectivity index (χ1) is 20.7. The molecule has 0 bridgehead atoms. The molecule has 0 saturated carbocycles. The second kappa shape index (κ2) is 15.9. The number of aliphatic hydroxyl groups excluding tert-OH is 1. The highest BCUT2D eigenvalue weighted by Crippen LogP contribution is 2.35. The second-order valence-corrected chi connectivity index (χ2v) is 8.89. The summed E-state index contributed by atoms with van der Waals surface area (Å²) >= 11 is 0. The van der Waals surface area contributed by atoms with Crippen LogP contribution in [-0.2, 0) is 19.1 Å². The quantitative estimate of drug-likeness (QED) is 0.102. The van der Waals surface area contributed by atoms with Gasteiger partial charge in [0.2, 0.25) is 0 Å². The van der Waals surface area contributed by atoms with Crippen LogP contribution in [0.4, 0.5) is 4.79 Å². The van der Waals surface area contributed by atoms with Crippen molar-refractivity contribution in [1.82, 2.24) is 16.1 Å².